The van der Waals surface area contributed by atoms with Crippen molar-refractivity contribution in [2.75, 3.05) is 17.6 Å². The topological polar surface area (TPSA) is 92.3 Å². The highest BCUT2D eigenvalue weighted by molar-refractivity contribution is 7.91. The van der Waals surface area contributed by atoms with Crippen molar-refractivity contribution in [1.82, 2.24) is 5.32 Å². The van der Waals surface area contributed by atoms with Gasteiger partial charge in [0.1, 0.15) is 0 Å². The van der Waals surface area contributed by atoms with Gasteiger partial charge in [-0.15, -0.1) is 0 Å². The van der Waals surface area contributed by atoms with Gasteiger partial charge in [-0.1, -0.05) is 48.5 Å². The zero-order chi connectivity index (χ0) is 21.4. The highest BCUT2D eigenvalue weighted by Gasteiger charge is 2.16. The van der Waals surface area contributed by atoms with E-state index in [0.29, 0.717) is 16.8 Å². The van der Waals surface area contributed by atoms with Crippen molar-refractivity contribution >= 4 is 27.3 Å². The van der Waals surface area contributed by atoms with Crippen molar-refractivity contribution in [2.45, 2.75) is 11.3 Å². The van der Waals surface area contributed by atoms with E-state index >= 15 is 0 Å². The molecule has 0 atom stereocenters. The standard InChI is InChI=1S/C23H22N2O4S/c26-22(18-10-3-1-4-11-18)25-21-15-8-7-14-20(21)23(27)24-16-9-17-30(28,29)19-12-5-2-6-13-19/h1-8,10-15H,9,16-17H2,(H,24,27)(H,25,26). The van der Waals surface area contributed by atoms with E-state index in [9.17, 15) is 18.0 Å². The summed E-state index contributed by atoms with van der Waals surface area (Å²) < 4.78 is 24.6. The molecule has 0 bridgehead atoms. The first-order valence-corrected chi connectivity index (χ1v) is 11.1. The summed E-state index contributed by atoms with van der Waals surface area (Å²) in [5, 5.41) is 5.47. The van der Waals surface area contributed by atoms with Crippen molar-refractivity contribution in [2.24, 2.45) is 0 Å². The SMILES string of the molecule is O=C(Nc1ccccc1C(=O)NCCCS(=O)(=O)c1ccccc1)c1ccccc1. The number of benzene rings is 3. The Labute approximate surface area is 175 Å². The molecular weight excluding hydrogens is 400 g/mol. The molecule has 0 saturated heterocycles. The van der Waals surface area contributed by atoms with E-state index in [1.54, 1.807) is 78.9 Å². The third-order valence-corrected chi connectivity index (χ3v) is 6.25. The Hall–Kier alpha value is -3.45. The van der Waals surface area contributed by atoms with Gasteiger partial charge < -0.3 is 10.6 Å². The number of amides is 2. The number of hydrogen-bond donors (Lipinski definition) is 2. The molecule has 0 aromatic heterocycles. The quantitative estimate of drug-likeness (QED) is 0.543. The molecule has 0 unspecified atom stereocenters. The van der Waals surface area contributed by atoms with E-state index in [1.165, 1.54) is 0 Å². The summed E-state index contributed by atoms with van der Waals surface area (Å²) in [6, 6.07) is 23.6. The van der Waals surface area contributed by atoms with Crippen molar-refractivity contribution < 1.29 is 18.0 Å². The van der Waals surface area contributed by atoms with Crippen LogP contribution in [0.2, 0.25) is 0 Å². The predicted octanol–water partition coefficient (Wildman–Crippen LogP) is 3.53. The molecule has 0 aliphatic rings. The molecule has 154 valence electrons. The molecule has 0 aliphatic carbocycles. The summed E-state index contributed by atoms with van der Waals surface area (Å²) in [5.41, 5.74) is 1.19. The lowest BCUT2D eigenvalue weighted by Crippen LogP contribution is -2.27. The zero-order valence-electron chi connectivity index (χ0n) is 16.2. The molecule has 3 rings (SSSR count). The van der Waals surface area contributed by atoms with Crippen LogP contribution in [0.3, 0.4) is 0 Å². The van der Waals surface area contributed by atoms with E-state index in [1.807, 2.05) is 6.07 Å². The zero-order valence-corrected chi connectivity index (χ0v) is 17.1. The molecule has 0 fully saturated rings. The van der Waals surface area contributed by atoms with Crippen molar-refractivity contribution in [3.63, 3.8) is 0 Å². The molecule has 6 nitrogen and oxygen atoms in total. The van der Waals surface area contributed by atoms with Crippen LogP contribution >= 0.6 is 0 Å². The third kappa shape index (κ3) is 5.55. The molecule has 30 heavy (non-hydrogen) atoms. The lowest BCUT2D eigenvalue weighted by Gasteiger charge is -2.12. The number of carbonyl (C=O) groups is 2. The van der Waals surface area contributed by atoms with Gasteiger partial charge in [0.15, 0.2) is 9.84 Å². The highest BCUT2D eigenvalue weighted by atomic mass is 32.2. The van der Waals surface area contributed by atoms with Gasteiger partial charge >= 0.3 is 0 Å². The fraction of sp³-hybridized carbons (Fsp3) is 0.130. The van der Waals surface area contributed by atoms with Crippen LogP contribution in [0.25, 0.3) is 0 Å². The molecule has 0 aliphatic heterocycles. The van der Waals surface area contributed by atoms with Crippen molar-refractivity contribution in [3.8, 4) is 0 Å². The Morgan fingerprint density at radius 2 is 1.33 bits per heavy atom. The van der Waals surface area contributed by atoms with Gasteiger partial charge in [-0.2, -0.15) is 0 Å². The van der Waals surface area contributed by atoms with E-state index in [-0.39, 0.29) is 35.4 Å². The van der Waals surface area contributed by atoms with Crippen LogP contribution in [-0.4, -0.2) is 32.5 Å². The Kier molecular flexibility index (Phi) is 6.98. The first-order valence-electron chi connectivity index (χ1n) is 9.49. The summed E-state index contributed by atoms with van der Waals surface area (Å²) in [5.74, 6) is -0.759. The first kappa shape index (κ1) is 21.3. The minimum absolute atomic E-state index is 0.0658. The fourth-order valence-corrected chi connectivity index (χ4v) is 4.21. The number of hydrogen-bond acceptors (Lipinski definition) is 4. The van der Waals surface area contributed by atoms with E-state index in [2.05, 4.69) is 10.6 Å². The monoisotopic (exact) mass is 422 g/mol. The summed E-state index contributed by atoms with van der Waals surface area (Å²) in [6.07, 6.45) is 0.279. The van der Waals surface area contributed by atoms with Gasteiger partial charge in [0, 0.05) is 12.1 Å². The van der Waals surface area contributed by atoms with Gasteiger partial charge in [0.25, 0.3) is 11.8 Å². The molecule has 3 aromatic rings. The Bertz CT molecular complexity index is 1110. The molecule has 0 saturated carbocycles. The minimum Gasteiger partial charge on any atom is -0.352 e. The molecule has 0 radical (unpaired) electrons. The largest absolute Gasteiger partial charge is 0.352 e. The maximum Gasteiger partial charge on any atom is 0.255 e. The van der Waals surface area contributed by atoms with Crippen LogP contribution in [0.5, 0.6) is 0 Å². The summed E-state index contributed by atoms with van der Waals surface area (Å²) in [6.45, 7) is 0.200. The molecule has 0 spiro atoms. The number of para-hydroxylation sites is 1. The van der Waals surface area contributed by atoms with Gasteiger partial charge in [-0.3, -0.25) is 9.59 Å². The van der Waals surface area contributed by atoms with Crippen molar-refractivity contribution in [3.05, 3.63) is 96.1 Å². The third-order valence-electron chi connectivity index (χ3n) is 4.43. The molecule has 2 amide bonds. The van der Waals surface area contributed by atoms with E-state index in [4.69, 9.17) is 0 Å². The molecule has 3 aromatic carbocycles. The highest BCUT2D eigenvalue weighted by Crippen LogP contribution is 2.16. The smallest absolute Gasteiger partial charge is 0.255 e. The van der Waals surface area contributed by atoms with Crippen LogP contribution in [0.1, 0.15) is 27.1 Å². The van der Waals surface area contributed by atoms with Gasteiger partial charge in [0.2, 0.25) is 0 Å². The first-order chi connectivity index (χ1) is 14.5. The molecular formula is C23H22N2O4S. The van der Waals surface area contributed by atoms with Crippen LogP contribution in [0, 0.1) is 0 Å². The Morgan fingerprint density at radius 1 is 0.733 bits per heavy atom. The lowest BCUT2D eigenvalue weighted by molar-refractivity contribution is 0.0954. The average Bonchev–Trinajstić information content (AvgIpc) is 2.78. The van der Waals surface area contributed by atoms with Crippen LogP contribution in [0.4, 0.5) is 5.69 Å². The Balaban J connectivity index is 1.58. The molecule has 7 heteroatoms. The number of nitrogens with one attached hydrogen (secondary N) is 2. The summed E-state index contributed by atoms with van der Waals surface area (Å²) >= 11 is 0. The maximum atomic E-state index is 12.6. The number of carbonyl (C=O) groups excluding carboxylic acids is 2. The van der Waals surface area contributed by atoms with Crippen LogP contribution < -0.4 is 10.6 Å². The average molecular weight is 423 g/mol. The van der Waals surface area contributed by atoms with Gasteiger partial charge in [0.05, 0.1) is 21.9 Å². The number of sulfone groups is 1. The normalized spacial score (nSPS) is 10.9. The summed E-state index contributed by atoms with van der Waals surface area (Å²) in [7, 11) is -3.39. The summed E-state index contributed by atoms with van der Waals surface area (Å²) in [4.78, 5) is 25.2. The van der Waals surface area contributed by atoms with E-state index < -0.39 is 9.84 Å². The van der Waals surface area contributed by atoms with E-state index in [0.717, 1.165) is 0 Å². The van der Waals surface area contributed by atoms with Crippen LogP contribution in [-0.2, 0) is 9.84 Å². The van der Waals surface area contributed by atoms with Gasteiger partial charge in [-0.25, -0.2) is 8.42 Å². The predicted molar refractivity (Wildman–Crippen MR) is 116 cm³/mol. The molecule has 2 N–H and O–H groups in total. The van der Waals surface area contributed by atoms with Crippen LogP contribution in [0.15, 0.2) is 89.8 Å². The fourth-order valence-electron chi connectivity index (χ4n) is 2.88. The maximum absolute atomic E-state index is 12.6. The second-order valence-electron chi connectivity index (χ2n) is 6.61. The number of rotatable bonds is 8. The number of anilines is 1. The van der Waals surface area contributed by atoms with Gasteiger partial charge in [-0.05, 0) is 42.8 Å². The van der Waals surface area contributed by atoms with Crippen molar-refractivity contribution in [1.29, 1.82) is 0 Å². The molecule has 0 heterocycles. The lowest BCUT2D eigenvalue weighted by atomic mass is 10.1. The Morgan fingerprint density at radius 3 is 2.03 bits per heavy atom. The minimum atomic E-state index is -3.39. The second-order valence-corrected chi connectivity index (χ2v) is 8.72. The second kappa shape index (κ2) is 9.84.